The molecule has 1 rings (SSSR count). The van der Waals surface area contributed by atoms with E-state index in [1.165, 1.54) is 19.2 Å². The molecule has 0 heterocycles. The van der Waals surface area contributed by atoms with Crippen LogP contribution in [0.5, 0.6) is 5.75 Å². The highest BCUT2D eigenvalue weighted by Crippen LogP contribution is 2.32. The van der Waals surface area contributed by atoms with Gasteiger partial charge in [-0.15, -0.1) is 0 Å². The monoisotopic (exact) mass is 233 g/mol. The molecular formula is C8H9BrFNO. The summed E-state index contributed by atoms with van der Waals surface area (Å²) in [5, 5.41) is 2.90. The van der Waals surface area contributed by atoms with Gasteiger partial charge in [-0.25, -0.2) is 4.39 Å². The molecule has 0 bridgehead atoms. The van der Waals surface area contributed by atoms with Crippen molar-refractivity contribution in [2.75, 3.05) is 19.5 Å². The molecule has 0 fully saturated rings. The predicted molar refractivity (Wildman–Crippen MR) is 50.2 cm³/mol. The van der Waals surface area contributed by atoms with E-state index in [2.05, 4.69) is 21.2 Å². The minimum atomic E-state index is -0.322. The molecule has 12 heavy (non-hydrogen) atoms. The van der Waals surface area contributed by atoms with E-state index in [9.17, 15) is 4.39 Å². The van der Waals surface area contributed by atoms with Crippen LogP contribution in [-0.4, -0.2) is 14.2 Å². The lowest BCUT2D eigenvalue weighted by Gasteiger charge is -2.09. The number of ether oxygens (including phenoxy) is 1. The third kappa shape index (κ3) is 1.69. The summed E-state index contributed by atoms with van der Waals surface area (Å²) in [6, 6.07) is 2.71. The summed E-state index contributed by atoms with van der Waals surface area (Å²) in [5.41, 5.74) is 0.749. The molecule has 0 aliphatic rings. The number of anilines is 1. The Balaban J connectivity index is 3.24. The number of methoxy groups -OCH3 is 1. The van der Waals surface area contributed by atoms with Crippen LogP contribution < -0.4 is 10.1 Å². The van der Waals surface area contributed by atoms with Gasteiger partial charge in [0.05, 0.1) is 12.8 Å². The number of benzene rings is 1. The molecule has 0 radical (unpaired) electrons. The second kappa shape index (κ2) is 3.76. The first-order valence-electron chi connectivity index (χ1n) is 3.40. The number of hydrogen-bond donors (Lipinski definition) is 1. The summed E-state index contributed by atoms with van der Waals surface area (Å²) >= 11 is 3.22. The van der Waals surface area contributed by atoms with Crippen molar-refractivity contribution in [2.24, 2.45) is 0 Å². The van der Waals surface area contributed by atoms with Crippen molar-refractivity contribution in [3.63, 3.8) is 0 Å². The molecule has 1 N–H and O–H groups in total. The zero-order chi connectivity index (χ0) is 9.14. The van der Waals surface area contributed by atoms with E-state index in [0.29, 0.717) is 10.2 Å². The van der Waals surface area contributed by atoms with E-state index in [1.54, 1.807) is 7.05 Å². The quantitative estimate of drug-likeness (QED) is 0.849. The zero-order valence-electron chi connectivity index (χ0n) is 6.82. The van der Waals surface area contributed by atoms with E-state index in [0.717, 1.165) is 5.69 Å². The molecule has 0 aromatic heterocycles. The molecule has 0 saturated heterocycles. The standard InChI is InChI=1S/C8H9BrFNO/c1-11-8-6(9)3-5(10)4-7(8)12-2/h3-4,11H,1-2H3. The van der Waals surface area contributed by atoms with Gasteiger partial charge in [-0.3, -0.25) is 0 Å². The van der Waals surface area contributed by atoms with E-state index in [1.807, 2.05) is 0 Å². The number of hydrogen-bond acceptors (Lipinski definition) is 2. The molecular weight excluding hydrogens is 225 g/mol. The first-order valence-corrected chi connectivity index (χ1v) is 4.19. The summed E-state index contributed by atoms with van der Waals surface area (Å²) in [7, 11) is 3.25. The second-order valence-electron chi connectivity index (χ2n) is 2.21. The fourth-order valence-corrected chi connectivity index (χ4v) is 1.57. The average Bonchev–Trinajstić information content (AvgIpc) is 2.03. The van der Waals surface area contributed by atoms with Crippen molar-refractivity contribution in [2.45, 2.75) is 0 Å². The number of halogens is 2. The van der Waals surface area contributed by atoms with Gasteiger partial charge in [0.2, 0.25) is 0 Å². The van der Waals surface area contributed by atoms with Crippen LogP contribution in [0, 0.1) is 5.82 Å². The average molecular weight is 234 g/mol. The molecule has 66 valence electrons. The molecule has 1 aromatic rings. The zero-order valence-corrected chi connectivity index (χ0v) is 8.40. The largest absolute Gasteiger partial charge is 0.494 e. The fraction of sp³-hybridized carbons (Fsp3) is 0.250. The van der Waals surface area contributed by atoms with Gasteiger partial charge in [-0.1, -0.05) is 0 Å². The Hall–Kier alpha value is -0.770. The SMILES string of the molecule is CNc1c(Br)cc(F)cc1OC. The topological polar surface area (TPSA) is 21.3 Å². The van der Waals surface area contributed by atoms with Crippen molar-refractivity contribution in [1.82, 2.24) is 0 Å². The minimum absolute atomic E-state index is 0.322. The Morgan fingerprint density at radius 3 is 2.67 bits per heavy atom. The summed E-state index contributed by atoms with van der Waals surface area (Å²) < 4.78 is 18.4. The minimum Gasteiger partial charge on any atom is -0.494 e. The molecule has 0 atom stereocenters. The highest BCUT2D eigenvalue weighted by Gasteiger charge is 2.07. The van der Waals surface area contributed by atoms with Gasteiger partial charge in [0.25, 0.3) is 0 Å². The normalized spacial score (nSPS) is 9.67. The molecule has 4 heteroatoms. The van der Waals surface area contributed by atoms with E-state index >= 15 is 0 Å². The summed E-state index contributed by atoms with van der Waals surface area (Å²) in [6.07, 6.45) is 0. The van der Waals surface area contributed by atoms with Crippen LogP contribution in [-0.2, 0) is 0 Å². The maximum Gasteiger partial charge on any atom is 0.146 e. The highest BCUT2D eigenvalue weighted by molar-refractivity contribution is 9.10. The summed E-state index contributed by atoms with van der Waals surface area (Å²) in [5.74, 6) is 0.169. The van der Waals surface area contributed by atoms with E-state index in [-0.39, 0.29) is 5.82 Å². The smallest absolute Gasteiger partial charge is 0.146 e. The van der Waals surface area contributed by atoms with Crippen LogP contribution in [0.4, 0.5) is 10.1 Å². The molecule has 0 aliphatic heterocycles. The molecule has 0 amide bonds. The van der Waals surface area contributed by atoms with Gasteiger partial charge in [-0.2, -0.15) is 0 Å². The lowest BCUT2D eigenvalue weighted by molar-refractivity contribution is 0.413. The molecule has 0 saturated carbocycles. The highest BCUT2D eigenvalue weighted by atomic mass is 79.9. The van der Waals surface area contributed by atoms with Crippen LogP contribution >= 0.6 is 15.9 Å². The van der Waals surface area contributed by atoms with Crippen molar-refractivity contribution in [3.8, 4) is 5.75 Å². The number of rotatable bonds is 2. The van der Waals surface area contributed by atoms with E-state index < -0.39 is 0 Å². The van der Waals surface area contributed by atoms with Crippen LogP contribution in [0.1, 0.15) is 0 Å². The summed E-state index contributed by atoms with van der Waals surface area (Å²) in [4.78, 5) is 0. The number of nitrogens with one attached hydrogen (secondary N) is 1. The van der Waals surface area contributed by atoms with Crippen molar-refractivity contribution >= 4 is 21.6 Å². The Morgan fingerprint density at radius 2 is 2.17 bits per heavy atom. The third-order valence-corrected chi connectivity index (χ3v) is 2.11. The van der Waals surface area contributed by atoms with Crippen molar-refractivity contribution in [1.29, 1.82) is 0 Å². The Kier molecular flexibility index (Phi) is 2.92. The van der Waals surface area contributed by atoms with Crippen LogP contribution in [0.25, 0.3) is 0 Å². The Bertz CT molecular complexity index is 291. The maximum atomic E-state index is 12.8. The summed E-state index contributed by atoms with van der Waals surface area (Å²) in [6.45, 7) is 0. The molecule has 0 aliphatic carbocycles. The van der Waals surface area contributed by atoms with Crippen LogP contribution in [0.3, 0.4) is 0 Å². The Labute approximate surface area is 78.9 Å². The fourth-order valence-electron chi connectivity index (χ4n) is 0.954. The first-order chi connectivity index (χ1) is 5.69. The lowest BCUT2D eigenvalue weighted by atomic mass is 10.3. The van der Waals surface area contributed by atoms with Crippen molar-refractivity contribution in [3.05, 3.63) is 22.4 Å². The second-order valence-corrected chi connectivity index (χ2v) is 3.07. The van der Waals surface area contributed by atoms with Gasteiger partial charge in [-0.05, 0) is 22.0 Å². The molecule has 1 aromatic carbocycles. The van der Waals surface area contributed by atoms with Crippen molar-refractivity contribution < 1.29 is 9.13 Å². The maximum absolute atomic E-state index is 12.8. The van der Waals surface area contributed by atoms with Crippen LogP contribution in [0.2, 0.25) is 0 Å². The van der Waals surface area contributed by atoms with Gasteiger partial charge in [0.1, 0.15) is 11.6 Å². The van der Waals surface area contributed by atoms with Gasteiger partial charge in [0, 0.05) is 17.6 Å². The van der Waals surface area contributed by atoms with Gasteiger partial charge in [0.15, 0.2) is 0 Å². The predicted octanol–water partition coefficient (Wildman–Crippen LogP) is 2.64. The lowest BCUT2D eigenvalue weighted by Crippen LogP contribution is -1.95. The first kappa shape index (κ1) is 9.32. The molecule has 2 nitrogen and oxygen atoms in total. The molecule has 0 spiro atoms. The molecule has 0 unspecified atom stereocenters. The van der Waals surface area contributed by atoms with E-state index in [4.69, 9.17) is 4.74 Å². The Morgan fingerprint density at radius 1 is 1.50 bits per heavy atom. The van der Waals surface area contributed by atoms with Crippen LogP contribution in [0.15, 0.2) is 16.6 Å². The van der Waals surface area contributed by atoms with Gasteiger partial charge < -0.3 is 10.1 Å². The third-order valence-electron chi connectivity index (χ3n) is 1.49. The van der Waals surface area contributed by atoms with Gasteiger partial charge >= 0.3 is 0 Å².